The first-order chi connectivity index (χ1) is 5.75. The van der Waals surface area contributed by atoms with Crippen molar-refractivity contribution in [2.24, 2.45) is 0 Å². The molecule has 0 nitrogen and oxygen atoms in total. The fourth-order valence-electron chi connectivity index (χ4n) is 0.800. The minimum atomic E-state index is 0.245. The van der Waals surface area contributed by atoms with E-state index in [-0.39, 0.29) is 5.88 Å². The zero-order chi connectivity index (χ0) is 8.97. The van der Waals surface area contributed by atoms with Crippen molar-refractivity contribution in [3.05, 3.63) is 40.9 Å². The van der Waals surface area contributed by atoms with Gasteiger partial charge in [-0.2, -0.15) is 0 Å². The first-order valence-electron chi connectivity index (χ1n) is 3.41. The molecule has 0 bridgehead atoms. The van der Waals surface area contributed by atoms with Gasteiger partial charge in [-0.3, -0.25) is 0 Å². The summed E-state index contributed by atoms with van der Waals surface area (Å²) in [6, 6.07) is 9.49. The first kappa shape index (κ1) is 9.91. The number of allylic oxidation sites excluding steroid dienone is 1. The van der Waals surface area contributed by atoms with E-state index in [2.05, 4.69) is 0 Å². The molecule has 0 atom stereocenters. The minimum absolute atomic E-state index is 0.245. The Morgan fingerprint density at radius 2 is 1.67 bits per heavy atom. The van der Waals surface area contributed by atoms with Gasteiger partial charge in [-0.05, 0) is 5.56 Å². The van der Waals surface area contributed by atoms with Crippen molar-refractivity contribution < 1.29 is 0 Å². The van der Waals surface area contributed by atoms with Crippen LogP contribution in [0.15, 0.2) is 35.4 Å². The number of rotatable bonds is 2. The molecule has 0 aliphatic carbocycles. The van der Waals surface area contributed by atoms with Crippen LogP contribution in [0.25, 0.3) is 5.03 Å². The summed E-state index contributed by atoms with van der Waals surface area (Å²) in [6.07, 6.45) is 0. The van der Waals surface area contributed by atoms with E-state index in [1.807, 2.05) is 30.3 Å². The molecule has 0 saturated heterocycles. The zero-order valence-corrected chi connectivity index (χ0v) is 8.50. The molecule has 3 heteroatoms. The SMILES string of the molecule is ClCC(Cl)=C(Cl)c1ccccc1. The molecule has 0 fully saturated rings. The van der Waals surface area contributed by atoms with Crippen molar-refractivity contribution in [2.45, 2.75) is 0 Å². The minimum Gasteiger partial charge on any atom is -0.121 e. The molecule has 0 radical (unpaired) electrons. The molecule has 0 aliphatic heterocycles. The smallest absolute Gasteiger partial charge is 0.0635 e. The summed E-state index contributed by atoms with van der Waals surface area (Å²) in [7, 11) is 0. The first-order valence-corrected chi connectivity index (χ1v) is 4.70. The summed E-state index contributed by atoms with van der Waals surface area (Å²) in [4.78, 5) is 0. The molecule has 0 aromatic heterocycles. The highest BCUT2D eigenvalue weighted by atomic mass is 35.5. The van der Waals surface area contributed by atoms with E-state index in [4.69, 9.17) is 34.8 Å². The molecule has 0 spiro atoms. The molecular formula is C9H7Cl3. The van der Waals surface area contributed by atoms with Crippen LogP contribution in [0.4, 0.5) is 0 Å². The predicted molar refractivity (Wildman–Crippen MR) is 55.8 cm³/mol. The lowest BCUT2D eigenvalue weighted by atomic mass is 10.2. The second-order valence-electron chi connectivity index (χ2n) is 2.22. The number of alkyl halides is 1. The highest BCUT2D eigenvalue weighted by Crippen LogP contribution is 2.25. The van der Waals surface area contributed by atoms with Crippen LogP contribution in [-0.4, -0.2) is 5.88 Å². The Morgan fingerprint density at radius 1 is 1.08 bits per heavy atom. The molecule has 64 valence electrons. The third kappa shape index (κ3) is 2.41. The molecule has 0 unspecified atom stereocenters. The van der Waals surface area contributed by atoms with Crippen molar-refractivity contribution in [3.8, 4) is 0 Å². The summed E-state index contributed by atoms with van der Waals surface area (Å²) >= 11 is 17.2. The quantitative estimate of drug-likeness (QED) is 0.661. The molecule has 1 aromatic carbocycles. The Balaban J connectivity index is 3.00. The van der Waals surface area contributed by atoms with Gasteiger partial charge in [-0.1, -0.05) is 53.5 Å². The van der Waals surface area contributed by atoms with Gasteiger partial charge in [0.25, 0.3) is 0 Å². The summed E-state index contributed by atoms with van der Waals surface area (Å²) < 4.78 is 0. The van der Waals surface area contributed by atoms with E-state index >= 15 is 0 Å². The number of hydrogen-bond acceptors (Lipinski definition) is 0. The van der Waals surface area contributed by atoms with Gasteiger partial charge in [0, 0.05) is 0 Å². The second kappa shape index (κ2) is 4.76. The largest absolute Gasteiger partial charge is 0.121 e. The standard InChI is InChI=1S/C9H7Cl3/c10-6-8(11)9(12)7-4-2-1-3-5-7/h1-5H,6H2. The zero-order valence-electron chi connectivity index (χ0n) is 6.23. The highest BCUT2D eigenvalue weighted by molar-refractivity contribution is 6.55. The van der Waals surface area contributed by atoms with Crippen LogP contribution < -0.4 is 0 Å². The Bertz CT molecular complexity index is 277. The second-order valence-corrected chi connectivity index (χ2v) is 3.32. The number of halogens is 3. The van der Waals surface area contributed by atoms with E-state index in [1.54, 1.807) is 0 Å². The van der Waals surface area contributed by atoms with Crippen molar-refractivity contribution >= 4 is 39.8 Å². The summed E-state index contributed by atoms with van der Waals surface area (Å²) in [6.45, 7) is 0. The van der Waals surface area contributed by atoms with Gasteiger partial charge in [0.1, 0.15) is 0 Å². The third-order valence-corrected chi connectivity index (χ3v) is 2.65. The Labute approximate surface area is 86.7 Å². The fraction of sp³-hybridized carbons (Fsp3) is 0.111. The van der Waals surface area contributed by atoms with Crippen molar-refractivity contribution in [1.29, 1.82) is 0 Å². The predicted octanol–water partition coefficient (Wildman–Crippen LogP) is 4.07. The van der Waals surface area contributed by atoms with Crippen LogP contribution >= 0.6 is 34.8 Å². The lowest BCUT2D eigenvalue weighted by Gasteiger charge is -1.99. The van der Waals surface area contributed by atoms with Gasteiger partial charge in [-0.15, -0.1) is 11.6 Å². The van der Waals surface area contributed by atoms with E-state index in [0.717, 1.165) is 5.56 Å². The average Bonchev–Trinajstić information content (AvgIpc) is 2.17. The topological polar surface area (TPSA) is 0 Å². The lowest BCUT2D eigenvalue weighted by molar-refractivity contribution is 1.61. The molecule has 12 heavy (non-hydrogen) atoms. The van der Waals surface area contributed by atoms with Gasteiger partial charge in [0.05, 0.1) is 15.9 Å². The Kier molecular flexibility index (Phi) is 3.93. The van der Waals surface area contributed by atoms with Gasteiger partial charge in [0.15, 0.2) is 0 Å². The van der Waals surface area contributed by atoms with E-state index in [1.165, 1.54) is 0 Å². The molecule has 1 rings (SSSR count). The van der Waals surface area contributed by atoms with Crippen molar-refractivity contribution in [1.82, 2.24) is 0 Å². The molecule has 0 amide bonds. The van der Waals surface area contributed by atoms with Crippen LogP contribution in [0, 0.1) is 0 Å². The van der Waals surface area contributed by atoms with Gasteiger partial charge in [0.2, 0.25) is 0 Å². The van der Waals surface area contributed by atoms with Crippen molar-refractivity contribution in [3.63, 3.8) is 0 Å². The van der Waals surface area contributed by atoms with Gasteiger partial charge >= 0.3 is 0 Å². The molecule has 0 saturated carbocycles. The maximum atomic E-state index is 5.92. The van der Waals surface area contributed by atoms with Crippen LogP contribution in [-0.2, 0) is 0 Å². The van der Waals surface area contributed by atoms with Gasteiger partial charge in [-0.25, -0.2) is 0 Å². The molecule has 0 heterocycles. The molecule has 1 aromatic rings. The Hall–Kier alpha value is -0.170. The Morgan fingerprint density at radius 3 is 2.17 bits per heavy atom. The summed E-state index contributed by atoms with van der Waals surface area (Å²) in [5.74, 6) is 0.245. The molecule has 0 N–H and O–H groups in total. The maximum Gasteiger partial charge on any atom is 0.0635 e. The van der Waals surface area contributed by atoms with Crippen LogP contribution in [0.3, 0.4) is 0 Å². The molecular weight excluding hydrogens is 214 g/mol. The van der Waals surface area contributed by atoms with Crippen LogP contribution in [0.2, 0.25) is 0 Å². The van der Waals surface area contributed by atoms with E-state index < -0.39 is 0 Å². The van der Waals surface area contributed by atoms with Crippen molar-refractivity contribution in [2.75, 3.05) is 5.88 Å². The normalized spacial score (nSPS) is 12.6. The highest BCUT2D eigenvalue weighted by Gasteiger charge is 2.02. The van der Waals surface area contributed by atoms with Crippen LogP contribution in [0.5, 0.6) is 0 Å². The van der Waals surface area contributed by atoms with Crippen LogP contribution in [0.1, 0.15) is 5.56 Å². The summed E-state index contributed by atoms with van der Waals surface area (Å²) in [5, 5.41) is 0.997. The number of hydrogen-bond donors (Lipinski definition) is 0. The summed E-state index contributed by atoms with van der Waals surface area (Å²) in [5.41, 5.74) is 0.893. The molecule has 0 aliphatic rings. The van der Waals surface area contributed by atoms with Gasteiger partial charge < -0.3 is 0 Å². The number of benzene rings is 1. The monoisotopic (exact) mass is 220 g/mol. The van der Waals surface area contributed by atoms with E-state index in [0.29, 0.717) is 10.1 Å². The third-order valence-electron chi connectivity index (χ3n) is 1.38. The average molecular weight is 222 g/mol. The van der Waals surface area contributed by atoms with E-state index in [9.17, 15) is 0 Å². The lowest BCUT2D eigenvalue weighted by Crippen LogP contribution is -1.80. The maximum absolute atomic E-state index is 5.92. The fourth-order valence-corrected chi connectivity index (χ4v) is 1.30.